The van der Waals surface area contributed by atoms with E-state index in [0.717, 1.165) is 16.5 Å². The summed E-state index contributed by atoms with van der Waals surface area (Å²) in [5, 5.41) is 14.3. The van der Waals surface area contributed by atoms with E-state index in [0.29, 0.717) is 29.1 Å². The van der Waals surface area contributed by atoms with E-state index in [1.54, 1.807) is 35.0 Å². The van der Waals surface area contributed by atoms with Crippen LogP contribution in [0.3, 0.4) is 0 Å². The highest BCUT2D eigenvalue weighted by Gasteiger charge is 2.14. The van der Waals surface area contributed by atoms with E-state index >= 15 is 0 Å². The van der Waals surface area contributed by atoms with Crippen LogP contribution in [0.5, 0.6) is 0 Å². The van der Waals surface area contributed by atoms with Gasteiger partial charge in [-0.2, -0.15) is 9.61 Å². The molecule has 0 saturated carbocycles. The van der Waals surface area contributed by atoms with Gasteiger partial charge >= 0.3 is 0 Å². The molecule has 0 amide bonds. The maximum atomic E-state index is 12.1. The molecule has 1 N–H and O–H groups in total. The SMILES string of the molecule is CNS(=O)(=O)c1cccc(-c2ccc3nnc(Cc4ccc5ncccc5c4)n3n2)c1. The zero-order chi connectivity index (χ0) is 21.4. The number of aromatic nitrogens is 5. The third-order valence-corrected chi connectivity index (χ3v) is 6.48. The summed E-state index contributed by atoms with van der Waals surface area (Å²) in [6, 6.07) is 20.3. The Kier molecular flexibility index (Phi) is 4.68. The molecule has 31 heavy (non-hydrogen) atoms. The summed E-state index contributed by atoms with van der Waals surface area (Å²) >= 11 is 0. The van der Waals surface area contributed by atoms with Crippen LogP contribution in [-0.4, -0.2) is 40.3 Å². The van der Waals surface area contributed by atoms with Gasteiger partial charge in [0.15, 0.2) is 11.5 Å². The highest BCUT2D eigenvalue weighted by molar-refractivity contribution is 7.89. The van der Waals surface area contributed by atoms with Crippen molar-refractivity contribution < 1.29 is 8.42 Å². The summed E-state index contributed by atoms with van der Waals surface area (Å²) in [5.74, 6) is 0.694. The topological polar surface area (TPSA) is 102 Å². The zero-order valence-electron chi connectivity index (χ0n) is 16.6. The number of sulfonamides is 1. The van der Waals surface area contributed by atoms with Crippen molar-refractivity contribution in [2.75, 3.05) is 7.05 Å². The first-order chi connectivity index (χ1) is 15.0. The van der Waals surface area contributed by atoms with Gasteiger partial charge in [-0.05, 0) is 55.1 Å². The van der Waals surface area contributed by atoms with Crippen molar-refractivity contribution >= 4 is 26.6 Å². The molecule has 0 aliphatic carbocycles. The average Bonchev–Trinajstić information content (AvgIpc) is 3.21. The second kappa shape index (κ2) is 7.53. The third kappa shape index (κ3) is 3.65. The van der Waals surface area contributed by atoms with E-state index in [4.69, 9.17) is 0 Å². The summed E-state index contributed by atoms with van der Waals surface area (Å²) in [5.41, 5.74) is 3.96. The van der Waals surface area contributed by atoms with E-state index < -0.39 is 10.0 Å². The quantitative estimate of drug-likeness (QED) is 0.460. The van der Waals surface area contributed by atoms with Gasteiger partial charge in [0.1, 0.15) is 0 Å². The second-order valence-electron chi connectivity index (χ2n) is 7.05. The fourth-order valence-electron chi connectivity index (χ4n) is 3.46. The van der Waals surface area contributed by atoms with Crippen molar-refractivity contribution in [1.82, 2.24) is 29.5 Å². The molecule has 8 nitrogen and oxygen atoms in total. The first kappa shape index (κ1) is 19.3. The van der Waals surface area contributed by atoms with Gasteiger partial charge in [0.05, 0.1) is 16.1 Å². The van der Waals surface area contributed by atoms with E-state index in [1.807, 2.05) is 36.4 Å². The molecule has 0 unspecified atom stereocenters. The summed E-state index contributed by atoms with van der Waals surface area (Å²) < 4.78 is 28.3. The monoisotopic (exact) mass is 430 g/mol. The molecule has 0 aliphatic heterocycles. The Labute approximate surface area is 178 Å². The smallest absolute Gasteiger partial charge is 0.240 e. The molecule has 9 heteroatoms. The van der Waals surface area contributed by atoms with E-state index in [1.165, 1.54) is 7.05 Å². The minimum absolute atomic E-state index is 0.183. The maximum Gasteiger partial charge on any atom is 0.240 e. The molecule has 5 aromatic rings. The fourth-order valence-corrected chi connectivity index (χ4v) is 4.23. The second-order valence-corrected chi connectivity index (χ2v) is 8.93. The summed E-state index contributed by atoms with van der Waals surface area (Å²) in [7, 11) is -2.15. The summed E-state index contributed by atoms with van der Waals surface area (Å²) in [4.78, 5) is 4.54. The van der Waals surface area contributed by atoms with Gasteiger partial charge in [-0.25, -0.2) is 13.1 Å². The molecular weight excluding hydrogens is 412 g/mol. The van der Waals surface area contributed by atoms with Gasteiger partial charge in [0.25, 0.3) is 0 Å². The maximum absolute atomic E-state index is 12.1. The number of nitrogens with one attached hydrogen (secondary N) is 1. The van der Waals surface area contributed by atoms with Crippen LogP contribution >= 0.6 is 0 Å². The summed E-state index contributed by atoms with van der Waals surface area (Å²) in [6.07, 6.45) is 2.33. The largest absolute Gasteiger partial charge is 0.256 e. The van der Waals surface area contributed by atoms with Crippen LogP contribution in [0.15, 0.2) is 77.8 Å². The van der Waals surface area contributed by atoms with Crippen LogP contribution in [0.2, 0.25) is 0 Å². The van der Waals surface area contributed by atoms with E-state index in [2.05, 4.69) is 31.1 Å². The lowest BCUT2D eigenvalue weighted by molar-refractivity contribution is 0.588. The van der Waals surface area contributed by atoms with Crippen molar-refractivity contribution in [3.8, 4) is 11.3 Å². The Hall–Kier alpha value is -3.69. The van der Waals surface area contributed by atoms with Crippen LogP contribution in [0, 0.1) is 0 Å². The van der Waals surface area contributed by atoms with Gasteiger partial charge in [-0.3, -0.25) is 4.98 Å². The van der Waals surface area contributed by atoms with Crippen LogP contribution in [-0.2, 0) is 16.4 Å². The highest BCUT2D eigenvalue weighted by Crippen LogP contribution is 2.22. The lowest BCUT2D eigenvalue weighted by atomic mass is 10.1. The molecule has 0 saturated heterocycles. The van der Waals surface area contributed by atoms with Gasteiger partial charge in [-0.15, -0.1) is 10.2 Å². The number of hydrogen-bond acceptors (Lipinski definition) is 6. The minimum atomic E-state index is -3.54. The summed E-state index contributed by atoms with van der Waals surface area (Å²) in [6.45, 7) is 0. The van der Waals surface area contributed by atoms with Gasteiger partial charge in [0.2, 0.25) is 10.0 Å². The van der Waals surface area contributed by atoms with Crippen LogP contribution in [0.1, 0.15) is 11.4 Å². The Morgan fingerprint density at radius 1 is 0.968 bits per heavy atom. The number of hydrogen-bond donors (Lipinski definition) is 1. The molecule has 3 aromatic heterocycles. The number of fused-ring (bicyclic) bond motifs is 2. The average molecular weight is 430 g/mol. The zero-order valence-corrected chi connectivity index (χ0v) is 17.4. The molecular formula is C22H18N6O2S. The molecule has 0 fully saturated rings. The molecule has 0 spiro atoms. The van der Waals surface area contributed by atoms with Crippen LogP contribution in [0.4, 0.5) is 0 Å². The minimum Gasteiger partial charge on any atom is -0.256 e. The van der Waals surface area contributed by atoms with E-state index in [-0.39, 0.29) is 4.90 Å². The first-order valence-corrected chi connectivity index (χ1v) is 11.1. The third-order valence-electron chi connectivity index (χ3n) is 5.07. The van der Waals surface area contributed by atoms with Crippen LogP contribution in [0.25, 0.3) is 27.8 Å². The Bertz CT molecular complexity index is 1530. The number of rotatable bonds is 5. The lowest BCUT2D eigenvalue weighted by Crippen LogP contribution is -2.18. The predicted molar refractivity (Wildman–Crippen MR) is 117 cm³/mol. The van der Waals surface area contributed by atoms with Gasteiger partial charge in [-0.1, -0.05) is 24.3 Å². The molecule has 2 aromatic carbocycles. The highest BCUT2D eigenvalue weighted by atomic mass is 32.2. The molecule has 0 radical (unpaired) electrons. The van der Waals surface area contributed by atoms with Crippen molar-refractivity contribution in [3.63, 3.8) is 0 Å². The molecule has 154 valence electrons. The Balaban J connectivity index is 1.53. The van der Waals surface area contributed by atoms with Crippen molar-refractivity contribution in [2.45, 2.75) is 11.3 Å². The van der Waals surface area contributed by atoms with Gasteiger partial charge in [0, 0.05) is 23.6 Å². The van der Waals surface area contributed by atoms with Crippen LogP contribution < -0.4 is 4.72 Å². The van der Waals surface area contributed by atoms with Crippen molar-refractivity contribution in [1.29, 1.82) is 0 Å². The van der Waals surface area contributed by atoms with Crippen molar-refractivity contribution in [2.24, 2.45) is 0 Å². The predicted octanol–water partition coefficient (Wildman–Crippen LogP) is 2.84. The number of pyridine rings is 1. The Morgan fingerprint density at radius 2 is 1.87 bits per heavy atom. The molecule has 5 rings (SSSR count). The molecule has 0 aliphatic rings. The fraction of sp³-hybridized carbons (Fsp3) is 0.0909. The van der Waals surface area contributed by atoms with E-state index in [9.17, 15) is 8.42 Å². The molecule has 3 heterocycles. The lowest BCUT2D eigenvalue weighted by Gasteiger charge is -2.07. The first-order valence-electron chi connectivity index (χ1n) is 9.62. The molecule has 0 bridgehead atoms. The van der Waals surface area contributed by atoms with Crippen molar-refractivity contribution in [3.05, 3.63) is 84.3 Å². The number of nitrogens with zero attached hydrogens (tertiary/aromatic N) is 5. The standard InChI is InChI=1S/C22H18N6O2S/c1-23-31(29,30)18-6-2-4-17(14-18)20-9-10-21-25-26-22(28(21)27-20)13-15-7-8-19-16(12-15)5-3-11-24-19/h2-12,14,23H,13H2,1H3. The van der Waals surface area contributed by atoms with Gasteiger partial charge < -0.3 is 0 Å². The Morgan fingerprint density at radius 3 is 2.74 bits per heavy atom. The molecule has 0 atom stereocenters. The number of benzene rings is 2. The normalized spacial score (nSPS) is 11.9.